The number of amides is 2. The molecule has 8 atom stereocenters. The Labute approximate surface area is 241 Å². The number of carboxylic acids is 1. The molecule has 4 aliphatic rings. The minimum absolute atomic E-state index is 0.0248. The van der Waals surface area contributed by atoms with Crippen LogP contribution in [0, 0.1) is 46.3 Å². The maximum atomic E-state index is 12.4. The van der Waals surface area contributed by atoms with Gasteiger partial charge in [-0.3, -0.25) is 9.59 Å². The summed E-state index contributed by atoms with van der Waals surface area (Å²) in [5.74, 6) is 3.36. The van der Waals surface area contributed by atoms with Gasteiger partial charge in [0.05, 0.1) is 0 Å². The van der Waals surface area contributed by atoms with Gasteiger partial charge in [-0.2, -0.15) is 0 Å². The molecule has 7 heteroatoms. The molecule has 7 nitrogen and oxygen atoms in total. The molecule has 4 rings (SSSR count). The molecule has 0 aromatic rings. The molecule has 4 unspecified atom stereocenters. The maximum Gasteiger partial charge on any atom is 0.407 e. The van der Waals surface area contributed by atoms with Crippen LogP contribution in [0.25, 0.3) is 0 Å². The molecule has 0 radical (unpaired) electrons. The van der Waals surface area contributed by atoms with Crippen molar-refractivity contribution in [1.29, 1.82) is 0 Å². The van der Waals surface area contributed by atoms with E-state index in [9.17, 15) is 14.4 Å². The van der Waals surface area contributed by atoms with Crippen LogP contribution in [0.5, 0.6) is 0 Å². The van der Waals surface area contributed by atoms with Gasteiger partial charge in [0.2, 0.25) is 5.91 Å². The second-order valence-electron chi connectivity index (χ2n) is 14.4. The maximum absolute atomic E-state index is 12.4. The summed E-state index contributed by atoms with van der Waals surface area (Å²) in [6.07, 6.45) is 15.4. The highest BCUT2D eigenvalue weighted by Gasteiger charge is 2.59. The fourth-order valence-corrected chi connectivity index (χ4v) is 9.49. The molecule has 0 aromatic carbocycles. The molecule has 0 heterocycles. The van der Waals surface area contributed by atoms with E-state index in [4.69, 9.17) is 9.84 Å². The Bertz CT molecular complexity index is 962. The van der Waals surface area contributed by atoms with Crippen LogP contribution < -0.4 is 10.6 Å². The summed E-state index contributed by atoms with van der Waals surface area (Å²) in [7, 11) is 0. The highest BCUT2D eigenvalue weighted by atomic mass is 16.6. The molecule has 0 saturated heterocycles. The lowest BCUT2D eigenvalue weighted by molar-refractivity contribution is -0.137. The number of hydrogen-bond acceptors (Lipinski definition) is 4. The third-order valence-corrected chi connectivity index (χ3v) is 11.6. The predicted molar refractivity (Wildman–Crippen MR) is 157 cm³/mol. The fourth-order valence-electron chi connectivity index (χ4n) is 9.49. The van der Waals surface area contributed by atoms with E-state index in [1.807, 2.05) is 0 Å². The lowest BCUT2D eigenvalue weighted by Gasteiger charge is -2.58. The van der Waals surface area contributed by atoms with Gasteiger partial charge in [0.15, 0.2) is 0 Å². The standard InChI is InChI=1S/C33H54N2O5/c1-21(2)7-6-8-22(3)26-11-12-27-25-10-9-23-19-24(13-16-32(23,4)28(25)14-17-33(26,27)5)40-31(39)34-18-15-29(36)35-20-30(37)38/h9,21-22,24-28H,6-8,10-20H2,1-5H3,(H,34,39)(H,35,36)(H,37,38)/t22-,24?,25?,26-,27?,28?,32+,33-/m1/s1. The molecule has 3 N–H and O–H groups in total. The molecule has 3 saturated carbocycles. The minimum atomic E-state index is -1.09. The van der Waals surface area contributed by atoms with Gasteiger partial charge in [-0.15, -0.1) is 0 Å². The van der Waals surface area contributed by atoms with Crippen molar-refractivity contribution >= 4 is 18.0 Å². The summed E-state index contributed by atoms with van der Waals surface area (Å²) in [4.78, 5) is 34.6. The van der Waals surface area contributed by atoms with Crippen LogP contribution in [-0.4, -0.2) is 42.3 Å². The van der Waals surface area contributed by atoms with Crippen molar-refractivity contribution in [3.63, 3.8) is 0 Å². The normalized spacial score (nSPS) is 35.5. The van der Waals surface area contributed by atoms with Gasteiger partial charge in [-0.1, -0.05) is 65.5 Å². The number of carbonyl (C=O) groups is 3. The molecule has 40 heavy (non-hydrogen) atoms. The third kappa shape index (κ3) is 6.70. The molecule has 2 amide bonds. The van der Waals surface area contributed by atoms with Crippen molar-refractivity contribution < 1.29 is 24.2 Å². The van der Waals surface area contributed by atoms with Gasteiger partial charge in [0.1, 0.15) is 12.6 Å². The largest absolute Gasteiger partial charge is 0.480 e. The van der Waals surface area contributed by atoms with Gasteiger partial charge in [0, 0.05) is 19.4 Å². The van der Waals surface area contributed by atoms with Crippen LogP contribution in [-0.2, 0) is 14.3 Å². The molecular weight excluding hydrogens is 504 g/mol. The Morgan fingerprint density at radius 1 is 1.02 bits per heavy atom. The number of allylic oxidation sites excluding steroid dienone is 1. The van der Waals surface area contributed by atoms with Gasteiger partial charge < -0.3 is 20.5 Å². The number of carbonyl (C=O) groups excluding carboxylic acids is 2. The summed E-state index contributed by atoms with van der Waals surface area (Å²) in [6, 6.07) is 0. The lowest BCUT2D eigenvalue weighted by atomic mass is 9.47. The zero-order chi connectivity index (χ0) is 29.1. The average molecular weight is 559 g/mol. The van der Waals surface area contributed by atoms with Crippen molar-refractivity contribution in [2.75, 3.05) is 13.1 Å². The topological polar surface area (TPSA) is 105 Å². The number of carboxylic acid groups (broad SMARTS) is 1. The van der Waals surface area contributed by atoms with Crippen molar-refractivity contribution in [1.82, 2.24) is 10.6 Å². The van der Waals surface area contributed by atoms with Gasteiger partial charge in [-0.05, 0) is 91.3 Å². The van der Waals surface area contributed by atoms with E-state index < -0.39 is 24.5 Å². The molecule has 0 aromatic heterocycles. The van der Waals surface area contributed by atoms with Crippen LogP contribution in [0.15, 0.2) is 11.6 Å². The number of rotatable bonds is 11. The molecule has 0 aliphatic heterocycles. The monoisotopic (exact) mass is 558 g/mol. The first-order chi connectivity index (χ1) is 18.9. The number of alkyl carbamates (subject to hydrolysis) is 1. The lowest BCUT2D eigenvalue weighted by Crippen LogP contribution is -2.51. The van der Waals surface area contributed by atoms with Crippen LogP contribution in [0.2, 0.25) is 0 Å². The fraction of sp³-hybridized carbons (Fsp3) is 0.848. The smallest absolute Gasteiger partial charge is 0.407 e. The van der Waals surface area contributed by atoms with E-state index >= 15 is 0 Å². The number of aliphatic carboxylic acids is 1. The van der Waals surface area contributed by atoms with Crippen molar-refractivity contribution in [2.45, 2.75) is 118 Å². The quantitative estimate of drug-likeness (QED) is 0.244. The van der Waals surface area contributed by atoms with E-state index in [0.717, 1.165) is 54.8 Å². The van der Waals surface area contributed by atoms with Crippen molar-refractivity contribution in [3.8, 4) is 0 Å². The van der Waals surface area contributed by atoms with Crippen molar-refractivity contribution in [2.24, 2.45) is 46.3 Å². The average Bonchev–Trinajstić information content (AvgIpc) is 3.24. The highest BCUT2D eigenvalue weighted by Crippen LogP contribution is 2.67. The first-order valence-electron chi connectivity index (χ1n) is 16.1. The van der Waals surface area contributed by atoms with Crippen LogP contribution in [0.3, 0.4) is 0 Å². The molecule has 0 bridgehead atoms. The highest BCUT2D eigenvalue weighted by molar-refractivity contribution is 5.81. The number of fused-ring (bicyclic) bond motifs is 5. The summed E-state index contributed by atoms with van der Waals surface area (Å²) in [5.41, 5.74) is 2.19. The van der Waals surface area contributed by atoms with Gasteiger partial charge >= 0.3 is 12.1 Å². The number of ether oxygens (including phenoxy) is 1. The van der Waals surface area contributed by atoms with E-state index in [-0.39, 0.29) is 24.5 Å². The van der Waals surface area contributed by atoms with E-state index in [1.165, 1.54) is 56.9 Å². The second-order valence-corrected chi connectivity index (χ2v) is 14.4. The Morgan fingerprint density at radius 3 is 2.52 bits per heavy atom. The zero-order valence-corrected chi connectivity index (χ0v) is 25.6. The first kappa shape index (κ1) is 30.9. The van der Waals surface area contributed by atoms with E-state index in [1.54, 1.807) is 0 Å². The SMILES string of the molecule is CC(C)CCC[C@@H](C)[C@H]1CCC2C3CC=C4CC(OC(=O)NCCC(=O)NCC(=O)O)CC[C@]4(C)C3CC[C@@]21C. The zero-order valence-electron chi connectivity index (χ0n) is 25.6. The second kappa shape index (κ2) is 12.9. The van der Waals surface area contributed by atoms with Crippen LogP contribution >= 0.6 is 0 Å². The van der Waals surface area contributed by atoms with E-state index in [2.05, 4.69) is 51.3 Å². The first-order valence-corrected chi connectivity index (χ1v) is 16.1. The summed E-state index contributed by atoms with van der Waals surface area (Å²) >= 11 is 0. The number of nitrogens with one attached hydrogen (secondary N) is 2. The molecular formula is C33H54N2O5. The summed E-state index contributed by atoms with van der Waals surface area (Å²) in [5, 5.41) is 13.6. The van der Waals surface area contributed by atoms with Gasteiger partial charge in [0.25, 0.3) is 0 Å². The van der Waals surface area contributed by atoms with Crippen molar-refractivity contribution in [3.05, 3.63) is 11.6 Å². The summed E-state index contributed by atoms with van der Waals surface area (Å²) in [6.45, 7) is 12.1. The Balaban J connectivity index is 1.30. The molecule has 3 fully saturated rings. The Hall–Kier alpha value is -2.05. The Morgan fingerprint density at radius 2 is 1.80 bits per heavy atom. The molecule has 226 valence electrons. The third-order valence-electron chi connectivity index (χ3n) is 11.6. The predicted octanol–water partition coefficient (Wildman–Crippen LogP) is 6.71. The minimum Gasteiger partial charge on any atom is -0.480 e. The van der Waals surface area contributed by atoms with Crippen LogP contribution in [0.4, 0.5) is 4.79 Å². The number of hydrogen-bond donors (Lipinski definition) is 3. The van der Waals surface area contributed by atoms with Gasteiger partial charge in [-0.25, -0.2) is 4.79 Å². The molecule has 0 spiro atoms. The Kier molecular flexibility index (Phi) is 9.93. The van der Waals surface area contributed by atoms with E-state index in [0.29, 0.717) is 5.41 Å². The molecule has 4 aliphatic carbocycles. The summed E-state index contributed by atoms with van der Waals surface area (Å²) < 4.78 is 5.76. The van der Waals surface area contributed by atoms with Crippen LogP contribution in [0.1, 0.15) is 112 Å².